The topological polar surface area (TPSA) is 12.0 Å². The van der Waals surface area contributed by atoms with Crippen LogP contribution < -0.4 is 4.98 Å². The van der Waals surface area contributed by atoms with Crippen LogP contribution in [-0.2, 0) is 0 Å². The van der Waals surface area contributed by atoms with E-state index >= 15 is 0 Å². The minimum atomic E-state index is 0.909. The maximum absolute atomic E-state index is 3.40. The molecule has 0 aromatic heterocycles. The van der Waals surface area contributed by atoms with Crippen molar-refractivity contribution in [2.24, 2.45) is 0 Å². The Morgan fingerprint density at radius 1 is 1.29 bits per heavy atom. The summed E-state index contributed by atoms with van der Waals surface area (Å²) in [5.74, 6) is 0. The van der Waals surface area contributed by atoms with E-state index in [1.165, 1.54) is 36.1 Å². The summed E-state index contributed by atoms with van der Waals surface area (Å²) in [4.78, 5) is 3.40. The minimum absolute atomic E-state index is 0.909. The fourth-order valence-electron chi connectivity index (χ4n) is 1.21. The first kappa shape index (κ1) is 5.32. The Labute approximate surface area is 48.0 Å². The van der Waals surface area contributed by atoms with Gasteiger partial charge in [0.25, 0.3) is 0 Å². The number of nitrogens with one attached hydrogen (secondary N) is 1. The van der Waals surface area contributed by atoms with E-state index in [0.29, 0.717) is 0 Å². The van der Waals surface area contributed by atoms with Gasteiger partial charge < -0.3 is 4.98 Å². The van der Waals surface area contributed by atoms with Gasteiger partial charge in [-0.25, -0.2) is 0 Å². The van der Waals surface area contributed by atoms with Gasteiger partial charge >= 0.3 is 0 Å². The smallest absolute Gasteiger partial charge is 0.0752 e. The van der Waals surface area contributed by atoms with Gasteiger partial charge in [0.05, 0.1) is 10.4 Å². The van der Waals surface area contributed by atoms with Crippen molar-refractivity contribution in [1.82, 2.24) is 4.98 Å². The Morgan fingerprint density at radius 2 is 1.86 bits per heavy atom. The summed E-state index contributed by atoms with van der Waals surface area (Å²) in [6.07, 6.45) is 5.78. The molecule has 0 saturated heterocycles. The van der Waals surface area contributed by atoms with E-state index in [1.54, 1.807) is 0 Å². The van der Waals surface area contributed by atoms with Crippen molar-refractivity contribution in [3.8, 4) is 0 Å². The van der Waals surface area contributed by atoms with Crippen LogP contribution in [0.25, 0.3) is 0 Å². The lowest BCUT2D eigenvalue weighted by Crippen LogP contribution is -2.21. The summed E-state index contributed by atoms with van der Waals surface area (Å²) < 4.78 is 0. The predicted octanol–water partition coefficient (Wildman–Crippen LogP) is -0.201. The molecule has 1 nitrogen and oxygen atoms in total. The average Bonchev–Trinajstić information content (AvgIpc) is 2.14. The van der Waals surface area contributed by atoms with Crippen molar-refractivity contribution >= 4 is 10.4 Å². The summed E-state index contributed by atoms with van der Waals surface area (Å²) in [6.45, 7) is 0. The molecule has 1 fully saturated rings. The standard InChI is InChI=1S/C5H13NSi/c7-6-5-3-1-2-4-5/h5-6H,1-4H2,7H3. The van der Waals surface area contributed by atoms with E-state index in [4.69, 9.17) is 0 Å². The zero-order chi connectivity index (χ0) is 5.11. The largest absolute Gasteiger partial charge is 0.343 e. The second-order valence-electron chi connectivity index (χ2n) is 2.27. The van der Waals surface area contributed by atoms with Gasteiger partial charge in [-0.1, -0.05) is 12.8 Å². The van der Waals surface area contributed by atoms with E-state index in [9.17, 15) is 0 Å². The number of rotatable bonds is 1. The van der Waals surface area contributed by atoms with Gasteiger partial charge in [0, 0.05) is 0 Å². The van der Waals surface area contributed by atoms with Crippen LogP contribution >= 0.6 is 0 Å². The van der Waals surface area contributed by atoms with Gasteiger partial charge in [-0.2, -0.15) is 0 Å². The molecule has 0 atom stereocenters. The Bertz CT molecular complexity index is 50.0. The molecule has 2 heteroatoms. The van der Waals surface area contributed by atoms with Crippen LogP contribution in [0.4, 0.5) is 0 Å². The molecule has 42 valence electrons. The molecule has 0 unspecified atom stereocenters. The van der Waals surface area contributed by atoms with Crippen molar-refractivity contribution in [3.05, 3.63) is 0 Å². The fraction of sp³-hybridized carbons (Fsp3) is 1.00. The highest BCUT2D eigenvalue weighted by atomic mass is 28.2. The molecule has 1 aliphatic rings. The van der Waals surface area contributed by atoms with Crippen LogP contribution in [0.15, 0.2) is 0 Å². The lowest BCUT2D eigenvalue weighted by molar-refractivity contribution is 0.650. The Balaban J connectivity index is 2.14. The molecular weight excluding hydrogens is 102 g/mol. The molecule has 1 saturated carbocycles. The monoisotopic (exact) mass is 115 g/mol. The van der Waals surface area contributed by atoms with E-state index in [2.05, 4.69) is 4.98 Å². The van der Waals surface area contributed by atoms with Gasteiger partial charge in [-0.15, -0.1) is 0 Å². The highest BCUT2D eigenvalue weighted by Crippen LogP contribution is 2.16. The lowest BCUT2D eigenvalue weighted by atomic mass is 10.3. The molecule has 0 heterocycles. The number of hydrogen-bond acceptors (Lipinski definition) is 1. The second kappa shape index (κ2) is 2.48. The van der Waals surface area contributed by atoms with Gasteiger partial charge in [0.1, 0.15) is 0 Å². The predicted molar refractivity (Wildman–Crippen MR) is 35.3 cm³/mol. The SMILES string of the molecule is [SiH3]NC1CCCC1. The first-order valence-corrected chi connectivity index (χ1v) is 4.11. The first-order valence-electron chi connectivity index (χ1n) is 3.11. The minimum Gasteiger partial charge on any atom is -0.343 e. The molecule has 1 N–H and O–H groups in total. The van der Waals surface area contributed by atoms with Crippen LogP contribution in [0.3, 0.4) is 0 Å². The second-order valence-corrected chi connectivity index (χ2v) is 2.85. The van der Waals surface area contributed by atoms with Crippen molar-refractivity contribution in [3.63, 3.8) is 0 Å². The third-order valence-corrected chi connectivity index (χ3v) is 2.58. The van der Waals surface area contributed by atoms with Gasteiger partial charge in [-0.3, -0.25) is 0 Å². The van der Waals surface area contributed by atoms with Crippen LogP contribution in [0.2, 0.25) is 0 Å². The molecule has 1 rings (SSSR count). The van der Waals surface area contributed by atoms with Gasteiger partial charge in [0.2, 0.25) is 0 Å². The lowest BCUT2D eigenvalue weighted by Gasteiger charge is -2.03. The van der Waals surface area contributed by atoms with Gasteiger partial charge in [0.15, 0.2) is 0 Å². The van der Waals surface area contributed by atoms with Crippen molar-refractivity contribution in [2.75, 3.05) is 0 Å². The van der Waals surface area contributed by atoms with E-state index < -0.39 is 0 Å². The molecule has 0 aromatic carbocycles. The highest BCUT2D eigenvalue weighted by Gasteiger charge is 2.10. The van der Waals surface area contributed by atoms with Crippen LogP contribution in [0.1, 0.15) is 25.7 Å². The van der Waals surface area contributed by atoms with Crippen LogP contribution in [0.5, 0.6) is 0 Å². The van der Waals surface area contributed by atoms with Crippen LogP contribution in [-0.4, -0.2) is 16.4 Å². The maximum Gasteiger partial charge on any atom is 0.0752 e. The van der Waals surface area contributed by atoms with E-state index in [0.717, 1.165) is 6.04 Å². The first-order chi connectivity index (χ1) is 3.43. The Hall–Kier alpha value is 0.177. The highest BCUT2D eigenvalue weighted by molar-refractivity contribution is 6.04. The van der Waals surface area contributed by atoms with E-state index in [1.807, 2.05) is 0 Å². The average molecular weight is 115 g/mol. The Kier molecular flexibility index (Phi) is 1.88. The van der Waals surface area contributed by atoms with Gasteiger partial charge in [-0.05, 0) is 18.9 Å². The third-order valence-electron chi connectivity index (χ3n) is 1.76. The zero-order valence-corrected chi connectivity index (χ0v) is 6.91. The van der Waals surface area contributed by atoms with Crippen molar-refractivity contribution < 1.29 is 0 Å². The van der Waals surface area contributed by atoms with Crippen LogP contribution in [0, 0.1) is 0 Å². The van der Waals surface area contributed by atoms with Crippen molar-refractivity contribution in [2.45, 2.75) is 31.7 Å². The third kappa shape index (κ3) is 1.28. The molecule has 0 spiro atoms. The molecular formula is C5H13NSi. The normalized spacial score (nSPS) is 24.0. The zero-order valence-electron chi connectivity index (χ0n) is 4.91. The fourth-order valence-corrected chi connectivity index (χ4v) is 1.79. The summed E-state index contributed by atoms with van der Waals surface area (Å²) in [7, 11) is 1.18. The Morgan fingerprint density at radius 3 is 2.14 bits per heavy atom. The quantitative estimate of drug-likeness (QED) is 0.467. The summed E-state index contributed by atoms with van der Waals surface area (Å²) in [5, 5.41) is 0. The molecule has 0 amide bonds. The molecule has 0 radical (unpaired) electrons. The summed E-state index contributed by atoms with van der Waals surface area (Å²) in [6, 6.07) is 0.909. The van der Waals surface area contributed by atoms with E-state index in [-0.39, 0.29) is 0 Å². The van der Waals surface area contributed by atoms with Crippen molar-refractivity contribution in [1.29, 1.82) is 0 Å². The molecule has 0 aliphatic heterocycles. The summed E-state index contributed by atoms with van der Waals surface area (Å²) in [5.41, 5.74) is 0. The molecule has 7 heavy (non-hydrogen) atoms. The molecule has 0 aromatic rings. The maximum atomic E-state index is 3.40. The number of hydrogen-bond donors (Lipinski definition) is 1. The molecule has 0 bridgehead atoms. The summed E-state index contributed by atoms with van der Waals surface area (Å²) >= 11 is 0. The molecule has 1 aliphatic carbocycles.